The zero-order chi connectivity index (χ0) is 22.0. The number of carbonyl (C=O) groups is 1. The fourth-order valence-corrected chi connectivity index (χ4v) is 4.42. The van der Waals surface area contributed by atoms with E-state index in [1.807, 2.05) is 0 Å². The van der Waals surface area contributed by atoms with Gasteiger partial charge in [0.05, 0.1) is 0 Å². The van der Waals surface area contributed by atoms with Gasteiger partial charge < -0.3 is 5.11 Å². The van der Waals surface area contributed by atoms with Gasteiger partial charge in [-0.05, 0) is 6.42 Å². The van der Waals surface area contributed by atoms with Gasteiger partial charge in [-0.3, -0.25) is 4.79 Å². The standard InChI is InChI=1S/C28H56O2.Na/c1-2-3-4-5-6-7-8-9-10-11-12-13-14-15-16-17-18-19-20-21-22-23-24-25-26-27-28(29)30;/h2-27H2,1H3,(H,29,30);. The van der Waals surface area contributed by atoms with Crippen LogP contribution in [0.4, 0.5) is 0 Å². The summed E-state index contributed by atoms with van der Waals surface area (Å²) in [5, 5.41) is 8.60. The van der Waals surface area contributed by atoms with Crippen molar-refractivity contribution in [1.82, 2.24) is 0 Å². The molecule has 0 atom stereocenters. The second-order valence-electron chi connectivity index (χ2n) is 9.63. The minimum absolute atomic E-state index is 0. The molecule has 0 aliphatic carbocycles. The fourth-order valence-electron chi connectivity index (χ4n) is 4.42. The maximum absolute atomic E-state index is 10.4. The van der Waals surface area contributed by atoms with Crippen molar-refractivity contribution < 1.29 is 9.90 Å². The van der Waals surface area contributed by atoms with E-state index in [0.717, 1.165) is 12.8 Å². The monoisotopic (exact) mass is 447 g/mol. The Bertz CT molecular complexity index is 333. The van der Waals surface area contributed by atoms with E-state index < -0.39 is 5.97 Å². The first-order valence-electron chi connectivity index (χ1n) is 14.0. The molecular weight excluding hydrogens is 391 g/mol. The predicted octanol–water partition coefficient (Wildman–Crippen LogP) is 9.85. The first-order valence-corrected chi connectivity index (χ1v) is 14.0. The van der Waals surface area contributed by atoms with E-state index in [1.54, 1.807) is 0 Å². The van der Waals surface area contributed by atoms with Gasteiger partial charge in [0.2, 0.25) is 0 Å². The average molecular weight is 448 g/mol. The molecule has 2 nitrogen and oxygen atoms in total. The largest absolute Gasteiger partial charge is 0.481 e. The number of carboxylic acids is 1. The first kappa shape index (κ1) is 33.6. The van der Waals surface area contributed by atoms with Gasteiger partial charge in [0.25, 0.3) is 0 Å². The van der Waals surface area contributed by atoms with Crippen LogP contribution in [0.2, 0.25) is 0 Å². The summed E-state index contributed by atoms with van der Waals surface area (Å²) in [7, 11) is 0. The van der Waals surface area contributed by atoms with Crippen LogP contribution >= 0.6 is 0 Å². The second kappa shape index (κ2) is 30.5. The molecule has 31 heavy (non-hydrogen) atoms. The molecule has 0 aromatic rings. The summed E-state index contributed by atoms with van der Waals surface area (Å²) in [4.78, 5) is 10.4. The molecular formula is C28H56NaO2. The van der Waals surface area contributed by atoms with Crippen molar-refractivity contribution in [3.63, 3.8) is 0 Å². The molecule has 0 aromatic heterocycles. The Balaban J connectivity index is 0. The number of unbranched alkanes of at least 4 members (excludes halogenated alkanes) is 24. The molecule has 0 amide bonds. The molecule has 0 rings (SSSR count). The summed E-state index contributed by atoms with van der Waals surface area (Å²) in [5.74, 6) is -0.649. The van der Waals surface area contributed by atoms with Crippen molar-refractivity contribution in [2.75, 3.05) is 0 Å². The smallest absolute Gasteiger partial charge is 0.303 e. The van der Waals surface area contributed by atoms with Crippen LogP contribution in [0.3, 0.4) is 0 Å². The van der Waals surface area contributed by atoms with Gasteiger partial charge >= 0.3 is 5.97 Å². The van der Waals surface area contributed by atoms with Gasteiger partial charge in [-0.15, -0.1) is 0 Å². The Kier molecular flexibility index (Phi) is 33.1. The van der Waals surface area contributed by atoms with E-state index in [2.05, 4.69) is 6.92 Å². The second-order valence-corrected chi connectivity index (χ2v) is 9.63. The van der Waals surface area contributed by atoms with Crippen LogP contribution in [0.5, 0.6) is 0 Å². The molecule has 0 spiro atoms. The van der Waals surface area contributed by atoms with E-state index in [-0.39, 0.29) is 29.6 Å². The number of carboxylic acid groups (broad SMARTS) is 1. The van der Waals surface area contributed by atoms with Crippen molar-refractivity contribution in [3.05, 3.63) is 0 Å². The Morgan fingerprint density at radius 2 is 0.613 bits per heavy atom. The van der Waals surface area contributed by atoms with Crippen LogP contribution in [-0.4, -0.2) is 40.6 Å². The van der Waals surface area contributed by atoms with E-state index >= 15 is 0 Å². The van der Waals surface area contributed by atoms with Crippen LogP contribution in [-0.2, 0) is 4.79 Å². The summed E-state index contributed by atoms with van der Waals surface area (Å²) in [6, 6.07) is 0. The van der Waals surface area contributed by atoms with Crippen LogP contribution in [0.1, 0.15) is 174 Å². The maximum Gasteiger partial charge on any atom is 0.303 e. The van der Waals surface area contributed by atoms with Crippen LogP contribution in [0, 0.1) is 0 Å². The van der Waals surface area contributed by atoms with Crippen molar-refractivity contribution >= 4 is 35.5 Å². The van der Waals surface area contributed by atoms with Crippen molar-refractivity contribution in [1.29, 1.82) is 0 Å². The van der Waals surface area contributed by atoms with Gasteiger partial charge in [0.15, 0.2) is 0 Å². The van der Waals surface area contributed by atoms with Gasteiger partial charge in [0, 0.05) is 36.0 Å². The molecule has 0 saturated carbocycles. The minimum Gasteiger partial charge on any atom is -0.481 e. The minimum atomic E-state index is -0.649. The third-order valence-corrected chi connectivity index (χ3v) is 6.49. The van der Waals surface area contributed by atoms with Gasteiger partial charge in [0.1, 0.15) is 0 Å². The molecule has 0 aromatic carbocycles. The van der Waals surface area contributed by atoms with Gasteiger partial charge in [-0.1, -0.05) is 161 Å². The Labute approximate surface area is 218 Å². The third kappa shape index (κ3) is 32.7. The average Bonchev–Trinajstić information content (AvgIpc) is 2.73. The molecule has 0 saturated heterocycles. The molecule has 0 aliphatic rings. The molecule has 1 N–H and O–H groups in total. The molecule has 0 unspecified atom stereocenters. The molecule has 3 heteroatoms. The first-order chi connectivity index (χ1) is 14.8. The number of rotatable bonds is 26. The summed E-state index contributed by atoms with van der Waals surface area (Å²) in [5.41, 5.74) is 0. The predicted molar refractivity (Wildman–Crippen MR) is 139 cm³/mol. The van der Waals surface area contributed by atoms with E-state index in [1.165, 1.54) is 148 Å². The quantitative estimate of drug-likeness (QED) is 0.106. The molecule has 0 bridgehead atoms. The number of aliphatic carboxylic acids is 1. The Morgan fingerprint density at radius 3 is 0.806 bits per heavy atom. The topological polar surface area (TPSA) is 37.3 Å². The Morgan fingerprint density at radius 1 is 0.419 bits per heavy atom. The third-order valence-electron chi connectivity index (χ3n) is 6.49. The number of hydrogen-bond acceptors (Lipinski definition) is 1. The van der Waals surface area contributed by atoms with Crippen molar-refractivity contribution in [2.45, 2.75) is 174 Å². The SMILES string of the molecule is CCCCCCCCCCCCCCCCCCCCCCCCCCCC(=O)O.[Na]. The van der Waals surface area contributed by atoms with E-state index in [4.69, 9.17) is 5.11 Å². The zero-order valence-corrected chi connectivity index (χ0v) is 23.7. The van der Waals surface area contributed by atoms with E-state index in [0.29, 0.717) is 6.42 Å². The molecule has 181 valence electrons. The van der Waals surface area contributed by atoms with Crippen LogP contribution in [0.15, 0.2) is 0 Å². The zero-order valence-electron chi connectivity index (χ0n) is 21.7. The van der Waals surface area contributed by atoms with Gasteiger partial charge in [-0.2, -0.15) is 0 Å². The van der Waals surface area contributed by atoms with Crippen LogP contribution in [0.25, 0.3) is 0 Å². The van der Waals surface area contributed by atoms with Crippen molar-refractivity contribution in [2.24, 2.45) is 0 Å². The summed E-state index contributed by atoms with van der Waals surface area (Å²) in [6.07, 6.45) is 35.0. The van der Waals surface area contributed by atoms with E-state index in [9.17, 15) is 4.79 Å². The number of hydrogen-bond donors (Lipinski definition) is 1. The fraction of sp³-hybridized carbons (Fsp3) is 0.964. The Hall–Kier alpha value is 0.470. The normalized spacial score (nSPS) is 10.9. The van der Waals surface area contributed by atoms with Crippen molar-refractivity contribution in [3.8, 4) is 0 Å². The maximum atomic E-state index is 10.4. The molecule has 1 radical (unpaired) electrons. The summed E-state index contributed by atoms with van der Waals surface area (Å²) in [6.45, 7) is 2.29. The molecule has 0 heterocycles. The molecule has 0 fully saturated rings. The van der Waals surface area contributed by atoms with Gasteiger partial charge in [-0.25, -0.2) is 0 Å². The summed E-state index contributed by atoms with van der Waals surface area (Å²) >= 11 is 0. The summed E-state index contributed by atoms with van der Waals surface area (Å²) < 4.78 is 0. The molecule has 0 aliphatic heterocycles. The van der Waals surface area contributed by atoms with Crippen LogP contribution < -0.4 is 0 Å².